The molecule has 0 aliphatic carbocycles. The predicted octanol–water partition coefficient (Wildman–Crippen LogP) is 3.27. The average Bonchev–Trinajstić information content (AvgIpc) is 2.52. The Balaban J connectivity index is 2.14. The first-order valence-electron chi connectivity index (χ1n) is 7.49. The van der Waals surface area contributed by atoms with E-state index in [4.69, 9.17) is 4.84 Å². The maximum atomic E-state index is 12.8. The van der Waals surface area contributed by atoms with Crippen molar-refractivity contribution in [1.29, 1.82) is 0 Å². The lowest BCUT2D eigenvalue weighted by Gasteiger charge is -2.27. The Morgan fingerprint density at radius 3 is 2.38 bits per heavy atom. The number of alkyl halides is 3. The van der Waals surface area contributed by atoms with Crippen molar-refractivity contribution in [1.82, 2.24) is 4.31 Å². The smallest absolute Gasteiger partial charge is 0.393 e. The first-order chi connectivity index (χ1) is 11.1. The van der Waals surface area contributed by atoms with Gasteiger partial charge in [0.05, 0.1) is 16.2 Å². The second-order valence-electron chi connectivity index (χ2n) is 5.74. The SMILES string of the molecule is CC(C)ON=C1CCN(S(=O)(=O)c2cccc(C(F)(F)F)c2)CC1. The zero-order chi connectivity index (χ0) is 18.0. The maximum Gasteiger partial charge on any atom is 0.416 e. The molecule has 1 aliphatic rings. The Morgan fingerprint density at radius 1 is 1.21 bits per heavy atom. The molecule has 1 aromatic carbocycles. The van der Waals surface area contributed by atoms with Gasteiger partial charge in [0, 0.05) is 25.9 Å². The quantitative estimate of drug-likeness (QED) is 0.771. The van der Waals surface area contributed by atoms with Crippen LogP contribution in [0.5, 0.6) is 0 Å². The standard InChI is InChI=1S/C15H19F3N2O3S/c1-11(2)23-19-13-6-8-20(9-7-13)24(21,22)14-5-3-4-12(10-14)15(16,17)18/h3-5,10-11H,6-9H2,1-2H3. The molecule has 0 radical (unpaired) electrons. The third kappa shape index (κ3) is 4.47. The third-order valence-corrected chi connectivity index (χ3v) is 5.39. The fourth-order valence-electron chi connectivity index (χ4n) is 2.24. The van der Waals surface area contributed by atoms with Gasteiger partial charge in [-0.15, -0.1) is 0 Å². The van der Waals surface area contributed by atoms with E-state index >= 15 is 0 Å². The minimum absolute atomic E-state index is 0.0654. The molecule has 0 atom stereocenters. The van der Waals surface area contributed by atoms with Crippen LogP contribution >= 0.6 is 0 Å². The Morgan fingerprint density at radius 2 is 1.83 bits per heavy atom. The summed E-state index contributed by atoms with van der Waals surface area (Å²) in [5.74, 6) is 0. The van der Waals surface area contributed by atoms with Gasteiger partial charge in [-0.3, -0.25) is 0 Å². The Kier molecular flexibility index (Phi) is 5.54. The van der Waals surface area contributed by atoms with Crippen molar-refractivity contribution in [3.63, 3.8) is 0 Å². The molecule has 9 heteroatoms. The number of benzene rings is 1. The lowest BCUT2D eigenvalue weighted by Crippen LogP contribution is -2.38. The van der Waals surface area contributed by atoms with Crippen LogP contribution in [0.1, 0.15) is 32.3 Å². The van der Waals surface area contributed by atoms with Crippen molar-refractivity contribution >= 4 is 15.7 Å². The van der Waals surface area contributed by atoms with Crippen molar-refractivity contribution in [2.45, 2.75) is 43.9 Å². The molecule has 1 heterocycles. The number of sulfonamides is 1. The van der Waals surface area contributed by atoms with E-state index in [1.54, 1.807) is 0 Å². The van der Waals surface area contributed by atoms with E-state index in [2.05, 4.69) is 5.16 Å². The van der Waals surface area contributed by atoms with E-state index in [9.17, 15) is 21.6 Å². The van der Waals surface area contributed by atoms with Gasteiger partial charge < -0.3 is 4.84 Å². The van der Waals surface area contributed by atoms with Crippen LogP contribution in [-0.4, -0.2) is 37.6 Å². The summed E-state index contributed by atoms with van der Waals surface area (Å²) in [4.78, 5) is 4.78. The lowest BCUT2D eigenvalue weighted by atomic mass is 10.1. The number of hydrogen-bond donors (Lipinski definition) is 0. The first kappa shape index (κ1) is 18.7. The van der Waals surface area contributed by atoms with E-state index < -0.39 is 21.8 Å². The van der Waals surface area contributed by atoms with Crippen molar-refractivity contribution in [3.8, 4) is 0 Å². The van der Waals surface area contributed by atoms with Gasteiger partial charge in [-0.2, -0.15) is 17.5 Å². The fraction of sp³-hybridized carbons (Fsp3) is 0.533. The van der Waals surface area contributed by atoms with Gasteiger partial charge in [0.1, 0.15) is 6.10 Å². The predicted molar refractivity (Wildman–Crippen MR) is 83.1 cm³/mol. The van der Waals surface area contributed by atoms with Gasteiger partial charge in [0.2, 0.25) is 10.0 Å². The minimum Gasteiger partial charge on any atom is -0.393 e. The first-order valence-corrected chi connectivity index (χ1v) is 8.93. The topological polar surface area (TPSA) is 59.0 Å². The summed E-state index contributed by atoms with van der Waals surface area (Å²) in [5, 5.41) is 3.96. The summed E-state index contributed by atoms with van der Waals surface area (Å²) in [6, 6.07) is 3.79. The number of nitrogens with zero attached hydrogens (tertiary/aromatic N) is 2. The van der Waals surface area contributed by atoms with E-state index in [-0.39, 0.29) is 24.1 Å². The Hall–Kier alpha value is -1.61. The molecule has 0 spiro atoms. The van der Waals surface area contributed by atoms with Crippen LogP contribution in [0.15, 0.2) is 34.3 Å². The van der Waals surface area contributed by atoms with Crippen LogP contribution in [-0.2, 0) is 21.0 Å². The van der Waals surface area contributed by atoms with Crippen LogP contribution in [0.4, 0.5) is 13.2 Å². The number of halogens is 3. The monoisotopic (exact) mass is 364 g/mol. The average molecular weight is 364 g/mol. The van der Waals surface area contributed by atoms with Gasteiger partial charge in [0.15, 0.2) is 0 Å². The Bertz CT molecular complexity index is 705. The lowest BCUT2D eigenvalue weighted by molar-refractivity contribution is -0.137. The number of rotatable bonds is 4. The Labute approximate surface area is 139 Å². The second-order valence-corrected chi connectivity index (χ2v) is 7.68. The second kappa shape index (κ2) is 7.10. The van der Waals surface area contributed by atoms with Gasteiger partial charge >= 0.3 is 6.18 Å². The van der Waals surface area contributed by atoms with Crippen LogP contribution in [0.25, 0.3) is 0 Å². The molecule has 2 rings (SSSR count). The summed E-state index contributed by atoms with van der Waals surface area (Å²) >= 11 is 0. The highest BCUT2D eigenvalue weighted by Crippen LogP contribution is 2.31. The largest absolute Gasteiger partial charge is 0.416 e. The van der Waals surface area contributed by atoms with Crippen molar-refractivity contribution in [2.75, 3.05) is 13.1 Å². The molecule has 0 aromatic heterocycles. The molecule has 0 saturated carbocycles. The van der Waals surface area contributed by atoms with Gasteiger partial charge in [-0.25, -0.2) is 8.42 Å². The molecule has 5 nitrogen and oxygen atoms in total. The molecule has 0 unspecified atom stereocenters. The molecular weight excluding hydrogens is 345 g/mol. The zero-order valence-electron chi connectivity index (χ0n) is 13.4. The summed E-state index contributed by atoms with van der Waals surface area (Å²) < 4.78 is 64.5. The molecule has 0 N–H and O–H groups in total. The number of piperidine rings is 1. The number of hydrogen-bond acceptors (Lipinski definition) is 4. The molecular formula is C15H19F3N2O3S. The van der Waals surface area contributed by atoms with Gasteiger partial charge in [0.25, 0.3) is 0 Å². The summed E-state index contributed by atoms with van der Waals surface area (Å²) in [6.45, 7) is 3.99. The third-order valence-electron chi connectivity index (χ3n) is 3.49. The summed E-state index contributed by atoms with van der Waals surface area (Å²) in [7, 11) is -3.96. The van der Waals surface area contributed by atoms with Crippen LogP contribution in [0.3, 0.4) is 0 Å². The van der Waals surface area contributed by atoms with E-state index in [1.165, 1.54) is 10.4 Å². The van der Waals surface area contributed by atoms with Crippen molar-refractivity contribution < 1.29 is 26.4 Å². The van der Waals surface area contributed by atoms with Gasteiger partial charge in [-0.05, 0) is 32.0 Å². The van der Waals surface area contributed by atoms with Crippen molar-refractivity contribution in [2.24, 2.45) is 5.16 Å². The molecule has 134 valence electrons. The molecule has 1 aliphatic heterocycles. The van der Waals surface area contributed by atoms with Crippen LogP contribution in [0, 0.1) is 0 Å². The highest BCUT2D eigenvalue weighted by atomic mass is 32.2. The summed E-state index contributed by atoms with van der Waals surface area (Å²) in [5.41, 5.74) is -0.229. The molecule has 1 aromatic rings. The fourth-order valence-corrected chi connectivity index (χ4v) is 3.73. The highest BCUT2D eigenvalue weighted by Gasteiger charge is 2.33. The number of oxime groups is 1. The maximum absolute atomic E-state index is 12.8. The van der Waals surface area contributed by atoms with Crippen LogP contribution in [0.2, 0.25) is 0 Å². The van der Waals surface area contributed by atoms with E-state index in [1.807, 2.05) is 13.8 Å². The molecule has 24 heavy (non-hydrogen) atoms. The normalized spacial score (nSPS) is 17.2. The van der Waals surface area contributed by atoms with Gasteiger partial charge in [-0.1, -0.05) is 11.2 Å². The van der Waals surface area contributed by atoms with Crippen LogP contribution < -0.4 is 0 Å². The molecule has 1 fully saturated rings. The van der Waals surface area contributed by atoms with E-state index in [0.717, 1.165) is 17.8 Å². The molecule has 0 amide bonds. The van der Waals surface area contributed by atoms with Crippen molar-refractivity contribution in [3.05, 3.63) is 29.8 Å². The molecule has 1 saturated heterocycles. The zero-order valence-corrected chi connectivity index (χ0v) is 14.2. The minimum atomic E-state index is -4.58. The summed E-state index contributed by atoms with van der Waals surface area (Å²) in [6.07, 6.45) is -3.86. The van der Waals surface area contributed by atoms with E-state index in [0.29, 0.717) is 18.9 Å². The highest BCUT2D eigenvalue weighted by molar-refractivity contribution is 7.89. The molecule has 0 bridgehead atoms.